The molecule has 0 aliphatic carbocycles. The van der Waals surface area contributed by atoms with Crippen molar-refractivity contribution in [3.63, 3.8) is 0 Å². The molecule has 0 fully saturated rings. The van der Waals surface area contributed by atoms with Gasteiger partial charge in [-0.1, -0.05) is 39.2 Å². The molecule has 0 bridgehead atoms. The fraction of sp³-hybridized carbons (Fsp3) is 0.375. The SMILES string of the molecule is C=Cn1c(CC)c(CC)c(C=CC)c1C(=C)C. The molecule has 0 spiro atoms. The minimum atomic E-state index is 1.02. The summed E-state index contributed by atoms with van der Waals surface area (Å²) >= 11 is 0. The molecule has 0 unspecified atom stereocenters. The van der Waals surface area contributed by atoms with Crippen LogP contribution in [0.1, 0.15) is 50.2 Å². The second kappa shape index (κ2) is 5.72. The van der Waals surface area contributed by atoms with E-state index in [1.807, 2.05) is 6.20 Å². The highest BCUT2D eigenvalue weighted by molar-refractivity contribution is 5.75. The Morgan fingerprint density at radius 3 is 2.29 bits per heavy atom. The lowest BCUT2D eigenvalue weighted by atomic mass is 10.0. The zero-order chi connectivity index (χ0) is 13.0. The van der Waals surface area contributed by atoms with E-state index >= 15 is 0 Å². The van der Waals surface area contributed by atoms with Crippen molar-refractivity contribution in [3.8, 4) is 0 Å². The van der Waals surface area contributed by atoms with E-state index in [1.54, 1.807) is 0 Å². The molecule has 17 heavy (non-hydrogen) atoms. The van der Waals surface area contributed by atoms with Crippen LogP contribution in [0.3, 0.4) is 0 Å². The Morgan fingerprint density at radius 1 is 1.29 bits per heavy atom. The maximum Gasteiger partial charge on any atom is 0.0551 e. The summed E-state index contributed by atoms with van der Waals surface area (Å²) < 4.78 is 2.19. The molecule has 0 atom stereocenters. The summed E-state index contributed by atoms with van der Waals surface area (Å²) in [4.78, 5) is 0. The minimum absolute atomic E-state index is 1.02. The molecule has 0 saturated carbocycles. The van der Waals surface area contributed by atoms with Crippen LogP contribution in [0.15, 0.2) is 19.2 Å². The number of allylic oxidation sites excluding steroid dienone is 2. The summed E-state index contributed by atoms with van der Waals surface area (Å²) in [6, 6.07) is 0. The van der Waals surface area contributed by atoms with Gasteiger partial charge >= 0.3 is 0 Å². The molecule has 1 rings (SSSR count). The van der Waals surface area contributed by atoms with Crippen LogP contribution in [0, 0.1) is 0 Å². The largest absolute Gasteiger partial charge is 0.320 e. The number of hydrogen-bond donors (Lipinski definition) is 0. The molecule has 0 amide bonds. The molecule has 92 valence electrons. The van der Waals surface area contributed by atoms with E-state index in [-0.39, 0.29) is 0 Å². The molecule has 1 aromatic heterocycles. The van der Waals surface area contributed by atoms with Crippen molar-refractivity contribution >= 4 is 17.8 Å². The van der Waals surface area contributed by atoms with E-state index in [0.29, 0.717) is 0 Å². The molecule has 0 aromatic carbocycles. The molecule has 0 aliphatic heterocycles. The van der Waals surface area contributed by atoms with Gasteiger partial charge < -0.3 is 4.57 Å². The maximum absolute atomic E-state index is 4.10. The van der Waals surface area contributed by atoms with Gasteiger partial charge in [0.15, 0.2) is 0 Å². The second-order valence-corrected chi connectivity index (χ2v) is 4.23. The third-order valence-corrected chi connectivity index (χ3v) is 3.07. The highest BCUT2D eigenvalue weighted by atomic mass is 15.0. The summed E-state index contributed by atoms with van der Waals surface area (Å²) in [6.07, 6.45) is 8.24. The van der Waals surface area contributed by atoms with Gasteiger partial charge in [-0.05, 0) is 37.8 Å². The molecule has 1 heteroatoms. The summed E-state index contributed by atoms with van der Waals surface area (Å²) in [7, 11) is 0. The average molecular weight is 229 g/mol. The molecule has 0 N–H and O–H groups in total. The fourth-order valence-corrected chi connectivity index (χ4v) is 2.47. The van der Waals surface area contributed by atoms with Crippen LogP contribution in [0.5, 0.6) is 0 Å². The molecule has 1 nitrogen and oxygen atoms in total. The van der Waals surface area contributed by atoms with Gasteiger partial charge in [-0.2, -0.15) is 0 Å². The highest BCUT2D eigenvalue weighted by Crippen LogP contribution is 2.30. The maximum atomic E-state index is 4.10. The van der Waals surface area contributed by atoms with Crippen LogP contribution in [-0.4, -0.2) is 4.57 Å². The Balaban J connectivity index is 3.70. The monoisotopic (exact) mass is 229 g/mol. The van der Waals surface area contributed by atoms with Crippen LogP contribution < -0.4 is 0 Å². The normalized spacial score (nSPS) is 11.1. The van der Waals surface area contributed by atoms with Crippen molar-refractivity contribution in [2.24, 2.45) is 0 Å². The molecule has 1 aromatic rings. The average Bonchev–Trinajstić information content (AvgIpc) is 2.62. The molecular weight excluding hydrogens is 206 g/mol. The van der Waals surface area contributed by atoms with Gasteiger partial charge in [0.05, 0.1) is 5.69 Å². The van der Waals surface area contributed by atoms with Gasteiger partial charge in [-0.15, -0.1) is 0 Å². The molecule has 0 saturated heterocycles. The van der Waals surface area contributed by atoms with Crippen LogP contribution >= 0.6 is 0 Å². The van der Waals surface area contributed by atoms with Gasteiger partial charge in [0.2, 0.25) is 0 Å². The Morgan fingerprint density at radius 2 is 1.94 bits per heavy atom. The van der Waals surface area contributed by atoms with E-state index in [2.05, 4.69) is 57.6 Å². The third-order valence-electron chi connectivity index (χ3n) is 3.07. The zero-order valence-electron chi connectivity index (χ0n) is 11.5. The van der Waals surface area contributed by atoms with Crippen molar-refractivity contribution in [2.75, 3.05) is 0 Å². The standard InChI is InChI=1S/C16H23N/c1-7-11-14-13(8-2)15(9-3)17(10-4)16(14)12(5)6/h7,10-11H,4-5,8-9H2,1-3,6H3. The summed E-state index contributed by atoms with van der Waals surface area (Å²) in [5, 5.41) is 0. The van der Waals surface area contributed by atoms with Crippen LogP contribution in [0.4, 0.5) is 0 Å². The first-order valence-electron chi connectivity index (χ1n) is 6.29. The lowest BCUT2D eigenvalue weighted by Crippen LogP contribution is -1.98. The predicted octanol–water partition coefficient (Wildman–Crippen LogP) is 4.78. The van der Waals surface area contributed by atoms with Gasteiger partial charge in [-0.25, -0.2) is 0 Å². The highest BCUT2D eigenvalue weighted by Gasteiger charge is 2.17. The first-order valence-corrected chi connectivity index (χ1v) is 6.29. The van der Waals surface area contributed by atoms with Crippen molar-refractivity contribution in [3.05, 3.63) is 41.7 Å². The van der Waals surface area contributed by atoms with Crippen LogP contribution in [0.25, 0.3) is 17.8 Å². The Kier molecular flexibility index (Phi) is 4.56. The predicted molar refractivity (Wildman–Crippen MR) is 79.0 cm³/mol. The third kappa shape index (κ3) is 2.28. The first-order chi connectivity index (χ1) is 8.12. The Bertz CT molecular complexity index is 458. The Labute approximate surface area is 105 Å². The summed E-state index contributed by atoms with van der Waals surface area (Å²) in [5.74, 6) is 0. The lowest BCUT2D eigenvalue weighted by molar-refractivity contribution is 0.935. The second-order valence-electron chi connectivity index (χ2n) is 4.23. The quantitative estimate of drug-likeness (QED) is 0.684. The number of hydrogen-bond acceptors (Lipinski definition) is 0. The van der Waals surface area contributed by atoms with Crippen molar-refractivity contribution in [2.45, 2.75) is 40.5 Å². The van der Waals surface area contributed by atoms with Gasteiger partial charge in [-0.3, -0.25) is 0 Å². The number of rotatable bonds is 5. The lowest BCUT2D eigenvalue weighted by Gasteiger charge is -2.07. The minimum Gasteiger partial charge on any atom is -0.320 e. The summed E-state index contributed by atoms with van der Waals surface area (Å²) in [5.41, 5.74) is 6.37. The van der Waals surface area contributed by atoms with E-state index in [4.69, 9.17) is 0 Å². The van der Waals surface area contributed by atoms with E-state index < -0.39 is 0 Å². The zero-order valence-corrected chi connectivity index (χ0v) is 11.5. The molecular formula is C16H23N. The molecule has 0 aliphatic rings. The number of aromatic nitrogens is 1. The first kappa shape index (κ1) is 13.6. The van der Waals surface area contributed by atoms with E-state index in [1.165, 1.54) is 22.5 Å². The fourth-order valence-electron chi connectivity index (χ4n) is 2.47. The Hall–Kier alpha value is -1.50. The number of nitrogens with zero attached hydrogens (tertiary/aromatic N) is 1. The van der Waals surface area contributed by atoms with Gasteiger partial charge in [0.25, 0.3) is 0 Å². The van der Waals surface area contributed by atoms with Crippen molar-refractivity contribution in [1.29, 1.82) is 0 Å². The molecule has 1 heterocycles. The summed E-state index contributed by atoms with van der Waals surface area (Å²) in [6.45, 7) is 16.5. The van der Waals surface area contributed by atoms with E-state index in [9.17, 15) is 0 Å². The van der Waals surface area contributed by atoms with E-state index in [0.717, 1.165) is 18.4 Å². The smallest absolute Gasteiger partial charge is 0.0551 e. The molecule has 0 radical (unpaired) electrons. The van der Waals surface area contributed by atoms with Crippen LogP contribution in [0.2, 0.25) is 0 Å². The van der Waals surface area contributed by atoms with Crippen molar-refractivity contribution in [1.82, 2.24) is 4.57 Å². The van der Waals surface area contributed by atoms with Crippen molar-refractivity contribution < 1.29 is 0 Å². The van der Waals surface area contributed by atoms with Crippen LogP contribution in [-0.2, 0) is 12.8 Å². The topological polar surface area (TPSA) is 4.93 Å². The van der Waals surface area contributed by atoms with Gasteiger partial charge in [0.1, 0.15) is 0 Å². The van der Waals surface area contributed by atoms with Gasteiger partial charge in [0, 0.05) is 17.5 Å².